The van der Waals surface area contributed by atoms with Crippen LogP contribution >= 0.6 is 15.9 Å². The average molecular weight is 291 g/mol. The monoisotopic (exact) mass is 290 g/mol. The van der Waals surface area contributed by atoms with E-state index in [0.717, 1.165) is 10.2 Å². The van der Waals surface area contributed by atoms with Crippen LogP contribution in [0.4, 0.5) is 0 Å². The summed E-state index contributed by atoms with van der Waals surface area (Å²) in [6.45, 7) is 0. The van der Waals surface area contributed by atoms with Gasteiger partial charge in [-0.2, -0.15) is 0 Å². The number of hydrogen-bond acceptors (Lipinski definition) is 3. The molecule has 0 bridgehead atoms. The molecular formula is C11H7BrN4O. The van der Waals surface area contributed by atoms with Crippen molar-refractivity contribution in [2.75, 3.05) is 0 Å². The molecule has 2 aromatic heterocycles. The Balaban J connectivity index is 2.27. The molecule has 0 radical (unpaired) electrons. The van der Waals surface area contributed by atoms with Gasteiger partial charge in [-0.3, -0.25) is 13.8 Å². The first kappa shape index (κ1) is 10.2. The number of aromatic nitrogens is 4. The van der Waals surface area contributed by atoms with Gasteiger partial charge in [0.1, 0.15) is 6.33 Å². The first-order chi connectivity index (χ1) is 8.25. The van der Waals surface area contributed by atoms with Crippen molar-refractivity contribution < 1.29 is 0 Å². The van der Waals surface area contributed by atoms with Crippen LogP contribution in [0.15, 0.2) is 52.3 Å². The third-order valence-electron chi connectivity index (χ3n) is 2.46. The lowest BCUT2D eigenvalue weighted by Gasteiger charge is -2.05. The van der Waals surface area contributed by atoms with E-state index in [1.807, 2.05) is 24.3 Å². The lowest BCUT2D eigenvalue weighted by Crippen LogP contribution is -2.19. The van der Waals surface area contributed by atoms with Gasteiger partial charge in [-0.15, -0.1) is 10.2 Å². The molecule has 6 heteroatoms. The van der Waals surface area contributed by atoms with E-state index in [4.69, 9.17) is 0 Å². The highest BCUT2D eigenvalue weighted by atomic mass is 79.9. The molecule has 1 aromatic carbocycles. The Labute approximate surface area is 104 Å². The summed E-state index contributed by atoms with van der Waals surface area (Å²) < 4.78 is 4.10. The molecule has 0 saturated heterocycles. The van der Waals surface area contributed by atoms with Crippen molar-refractivity contribution in [1.82, 2.24) is 19.2 Å². The Morgan fingerprint density at radius 2 is 1.88 bits per heavy atom. The molecule has 3 aromatic rings. The van der Waals surface area contributed by atoms with Crippen LogP contribution in [0.25, 0.3) is 11.3 Å². The van der Waals surface area contributed by atoms with Crippen molar-refractivity contribution in [3.05, 3.63) is 57.8 Å². The van der Waals surface area contributed by atoms with E-state index in [0.29, 0.717) is 5.65 Å². The van der Waals surface area contributed by atoms with Crippen LogP contribution < -0.4 is 5.56 Å². The normalized spacial score (nSPS) is 10.9. The number of benzene rings is 1. The molecule has 0 N–H and O–H groups in total. The Hall–Kier alpha value is -1.95. The molecule has 0 atom stereocenters. The van der Waals surface area contributed by atoms with Crippen molar-refractivity contribution >= 4 is 21.6 Å². The van der Waals surface area contributed by atoms with Crippen LogP contribution in [0.2, 0.25) is 0 Å². The summed E-state index contributed by atoms with van der Waals surface area (Å²) in [5.41, 5.74) is 0.923. The molecule has 0 spiro atoms. The zero-order valence-corrected chi connectivity index (χ0v) is 10.2. The summed E-state index contributed by atoms with van der Waals surface area (Å²) in [5, 5.41) is 7.50. The average Bonchev–Trinajstić information content (AvgIpc) is 2.80. The molecule has 0 aliphatic carbocycles. The number of hydrogen-bond donors (Lipinski definition) is 0. The second-order valence-electron chi connectivity index (χ2n) is 3.51. The van der Waals surface area contributed by atoms with Gasteiger partial charge in [0.15, 0.2) is 0 Å². The summed E-state index contributed by atoms with van der Waals surface area (Å²) in [6.07, 6.45) is 4.95. The van der Waals surface area contributed by atoms with Crippen LogP contribution in [0, 0.1) is 0 Å². The van der Waals surface area contributed by atoms with Gasteiger partial charge in [0, 0.05) is 22.6 Å². The van der Waals surface area contributed by atoms with Crippen LogP contribution in [-0.2, 0) is 0 Å². The number of nitrogens with zero attached hydrogens (tertiary/aromatic N) is 4. The molecule has 3 rings (SSSR count). The first-order valence-corrected chi connectivity index (χ1v) is 5.72. The maximum absolute atomic E-state index is 12.1. The summed E-state index contributed by atoms with van der Waals surface area (Å²) in [7, 11) is 0. The van der Waals surface area contributed by atoms with E-state index < -0.39 is 0 Å². The number of fused-ring (bicyclic) bond motifs is 1. The zero-order valence-electron chi connectivity index (χ0n) is 8.62. The van der Waals surface area contributed by atoms with Crippen molar-refractivity contribution in [3.8, 4) is 5.69 Å². The summed E-state index contributed by atoms with van der Waals surface area (Å²) in [4.78, 5) is 12.1. The molecule has 0 aliphatic rings. The molecule has 0 aliphatic heterocycles. The largest absolute Gasteiger partial charge is 0.300 e. The Morgan fingerprint density at radius 3 is 2.65 bits per heavy atom. The van der Waals surface area contributed by atoms with E-state index in [1.54, 1.807) is 16.8 Å². The standard InChI is InChI=1S/C11H7BrN4O/c12-8-1-3-9(4-2-8)16-6-5-15-7-13-14-10(15)11(16)17/h1-7H. The minimum atomic E-state index is -0.188. The van der Waals surface area contributed by atoms with Crippen molar-refractivity contribution in [3.63, 3.8) is 0 Å². The second-order valence-corrected chi connectivity index (χ2v) is 4.43. The van der Waals surface area contributed by atoms with Gasteiger partial charge >= 0.3 is 5.56 Å². The molecule has 17 heavy (non-hydrogen) atoms. The SMILES string of the molecule is O=c1c2nncn2ccn1-c1ccc(Br)cc1. The topological polar surface area (TPSA) is 52.2 Å². The quantitative estimate of drug-likeness (QED) is 0.685. The van der Waals surface area contributed by atoms with Gasteiger partial charge in [-0.05, 0) is 24.3 Å². The van der Waals surface area contributed by atoms with E-state index in [1.165, 1.54) is 10.9 Å². The van der Waals surface area contributed by atoms with E-state index in [-0.39, 0.29) is 5.56 Å². The maximum Gasteiger partial charge on any atom is 0.300 e. The smallest absolute Gasteiger partial charge is 0.283 e. The Bertz CT molecular complexity index is 729. The molecule has 84 valence electrons. The van der Waals surface area contributed by atoms with Crippen LogP contribution in [0.5, 0.6) is 0 Å². The summed E-state index contributed by atoms with van der Waals surface area (Å²) in [5.74, 6) is 0. The lowest BCUT2D eigenvalue weighted by atomic mass is 10.3. The first-order valence-electron chi connectivity index (χ1n) is 4.93. The minimum absolute atomic E-state index is 0.188. The third kappa shape index (κ3) is 1.66. The zero-order chi connectivity index (χ0) is 11.8. The molecular weight excluding hydrogens is 284 g/mol. The van der Waals surface area contributed by atoms with Gasteiger partial charge in [0.2, 0.25) is 5.65 Å². The van der Waals surface area contributed by atoms with Crippen LogP contribution in [-0.4, -0.2) is 19.2 Å². The molecule has 2 heterocycles. The third-order valence-corrected chi connectivity index (χ3v) is 2.99. The number of rotatable bonds is 1. The van der Waals surface area contributed by atoms with Gasteiger partial charge in [-0.1, -0.05) is 15.9 Å². The number of halogens is 1. The van der Waals surface area contributed by atoms with Crippen LogP contribution in [0.1, 0.15) is 0 Å². The fraction of sp³-hybridized carbons (Fsp3) is 0. The Morgan fingerprint density at radius 1 is 1.12 bits per heavy atom. The lowest BCUT2D eigenvalue weighted by molar-refractivity contribution is 0.949. The van der Waals surface area contributed by atoms with Crippen molar-refractivity contribution in [1.29, 1.82) is 0 Å². The summed E-state index contributed by atoms with van der Waals surface area (Å²) in [6, 6.07) is 7.49. The fourth-order valence-corrected chi connectivity index (χ4v) is 1.89. The van der Waals surface area contributed by atoms with E-state index in [2.05, 4.69) is 26.1 Å². The Kier molecular flexibility index (Phi) is 2.29. The predicted octanol–water partition coefficient (Wildman–Crippen LogP) is 1.64. The van der Waals surface area contributed by atoms with Gasteiger partial charge in [0.05, 0.1) is 0 Å². The van der Waals surface area contributed by atoms with Gasteiger partial charge in [-0.25, -0.2) is 0 Å². The van der Waals surface area contributed by atoms with Crippen LogP contribution in [0.3, 0.4) is 0 Å². The fourth-order valence-electron chi connectivity index (χ4n) is 1.62. The highest BCUT2D eigenvalue weighted by Gasteiger charge is 2.05. The molecule has 0 unspecified atom stereocenters. The van der Waals surface area contributed by atoms with Gasteiger partial charge < -0.3 is 0 Å². The van der Waals surface area contributed by atoms with Crippen molar-refractivity contribution in [2.24, 2.45) is 0 Å². The van der Waals surface area contributed by atoms with Crippen molar-refractivity contribution in [2.45, 2.75) is 0 Å². The van der Waals surface area contributed by atoms with Gasteiger partial charge in [0.25, 0.3) is 0 Å². The molecule has 5 nitrogen and oxygen atoms in total. The minimum Gasteiger partial charge on any atom is -0.283 e. The molecule has 0 amide bonds. The second kappa shape index (κ2) is 3.81. The van der Waals surface area contributed by atoms with E-state index >= 15 is 0 Å². The molecule has 0 saturated carbocycles. The van der Waals surface area contributed by atoms with E-state index in [9.17, 15) is 4.79 Å². The predicted molar refractivity (Wildman–Crippen MR) is 66.3 cm³/mol. The highest BCUT2D eigenvalue weighted by Crippen LogP contribution is 2.12. The maximum atomic E-state index is 12.1. The summed E-state index contributed by atoms with van der Waals surface area (Å²) >= 11 is 3.36. The molecule has 0 fully saturated rings. The highest BCUT2D eigenvalue weighted by molar-refractivity contribution is 9.10.